The first-order valence-corrected chi connectivity index (χ1v) is 7.93. The molecule has 0 unspecified atom stereocenters. The number of aliphatic carboxylic acids is 1. The number of carboxylic acid groups (broad SMARTS) is 1. The molecule has 1 N–H and O–H groups in total. The molecule has 0 aliphatic carbocycles. The van der Waals surface area contributed by atoms with Gasteiger partial charge in [0.25, 0.3) is 5.91 Å². The van der Waals surface area contributed by atoms with E-state index in [1.54, 1.807) is 5.38 Å². The van der Waals surface area contributed by atoms with Gasteiger partial charge in [-0.25, -0.2) is 4.98 Å². The molecule has 1 aliphatic heterocycles. The van der Waals surface area contributed by atoms with Crippen LogP contribution in [-0.4, -0.2) is 52.7 Å². The van der Waals surface area contributed by atoms with Crippen LogP contribution in [0.25, 0.3) is 0 Å². The van der Waals surface area contributed by atoms with Crippen molar-refractivity contribution < 1.29 is 19.4 Å². The van der Waals surface area contributed by atoms with Crippen molar-refractivity contribution in [1.82, 2.24) is 9.88 Å². The van der Waals surface area contributed by atoms with E-state index in [2.05, 4.69) is 4.98 Å². The molecule has 0 saturated carbocycles. The summed E-state index contributed by atoms with van der Waals surface area (Å²) < 4.78 is 5.28. The Morgan fingerprint density at radius 1 is 1.48 bits per heavy atom. The van der Waals surface area contributed by atoms with Crippen LogP contribution in [0.1, 0.15) is 48.1 Å². The van der Waals surface area contributed by atoms with Gasteiger partial charge in [0.1, 0.15) is 12.2 Å². The zero-order chi connectivity index (χ0) is 15.4. The van der Waals surface area contributed by atoms with Crippen molar-refractivity contribution in [1.29, 1.82) is 0 Å². The predicted molar refractivity (Wildman–Crippen MR) is 78.7 cm³/mol. The average Bonchev–Trinajstić information content (AvgIpc) is 2.95. The first-order chi connectivity index (χ1) is 9.99. The normalized spacial score (nSPS) is 16.1. The van der Waals surface area contributed by atoms with Crippen LogP contribution in [0.2, 0.25) is 0 Å². The first kappa shape index (κ1) is 15.9. The first-order valence-electron chi connectivity index (χ1n) is 7.05. The van der Waals surface area contributed by atoms with Gasteiger partial charge in [-0.3, -0.25) is 9.59 Å². The molecule has 6 nitrogen and oxygen atoms in total. The lowest BCUT2D eigenvalue weighted by Gasteiger charge is -2.32. The Balaban J connectivity index is 2.17. The summed E-state index contributed by atoms with van der Waals surface area (Å²) in [5, 5.41) is 11.7. The lowest BCUT2D eigenvalue weighted by Crippen LogP contribution is -2.46. The van der Waals surface area contributed by atoms with E-state index in [4.69, 9.17) is 9.84 Å². The summed E-state index contributed by atoms with van der Waals surface area (Å²) in [5.74, 6) is -1.05. The molecule has 1 saturated heterocycles. The van der Waals surface area contributed by atoms with E-state index in [9.17, 15) is 9.59 Å². The summed E-state index contributed by atoms with van der Waals surface area (Å²) >= 11 is 1.44. The fourth-order valence-electron chi connectivity index (χ4n) is 2.31. The zero-order valence-electron chi connectivity index (χ0n) is 12.2. The molecule has 7 heteroatoms. The minimum atomic E-state index is -1.01. The van der Waals surface area contributed by atoms with Crippen molar-refractivity contribution in [2.45, 2.75) is 38.6 Å². The van der Waals surface area contributed by atoms with Crippen molar-refractivity contribution in [3.63, 3.8) is 0 Å². The number of amides is 1. The molecule has 21 heavy (non-hydrogen) atoms. The van der Waals surface area contributed by atoms with E-state index in [0.29, 0.717) is 31.7 Å². The minimum absolute atomic E-state index is 0.0912. The largest absolute Gasteiger partial charge is 0.480 e. The molecule has 0 aromatic carbocycles. The smallest absolute Gasteiger partial charge is 0.323 e. The summed E-state index contributed by atoms with van der Waals surface area (Å²) in [6, 6.07) is -0.0912. The van der Waals surface area contributed by atoms with E-state index in [1.807, 2.05) is 13.8 Å². The Kier molecular flexibility index (Phi) is 5.30. The van der Waals surface area contributed by atoms with Crippen molar-refractivity contribution >= 4 is 23.2 Å². The second-order valence-electron chi connectivity index (χ2n) is 5.40. The van der Waals surface area contributed by atoms with Crippen LogP contribution in [0.3, 0.4) is 0 Å². The molecule has 2 rings (SSSR count). The van der Waals surface area contributed by atoms with Gasteiger partial charge in [-0.05, 0) is 12.8 Å². The van der Waals surface area contributed by atoms with Gasteiger partial charge >= 0.3 is 5.97 Å². The molecule has 1 amide bonds. The Labute approximate surface area is 127 Å². The molecule has 0 spiro atoms. The topological polar surface area (TPSA) is 79.7 Å². The highest BCUT2D eigenvalue weighted by molar-refractivity contribution is 7.09. The van der Waals surface area contributed by atoms with Crippen LogP contribution in [0.4, 0.5) is 0 Å². The fourth-order valence-corrected chi connectivity index (χ4v) is 3.12. The van der Waals surface area contributed by atoms with Crippen molar-refractivity contribution in [2.24, 2.45) is 0 Å². The zero-order valence-corrected chi connectivity index (χ0v) is 13.1. The van der Waals surface area contributed by atoms with E-state index >= 15 is 0 Å². The average molecular weight is 312 g/mol. The number of hydrogen-bond donors (Lipinski definition) is 1. The summed E-state index contributed by atoms with van der Waals surface area (Å²) in [6.45, 7) is 4.85. The molecular weight excluding hydrogens is 292 g/mol. The van der Waals surface area contributed by atoms with E-state index in [-0.39, 0.29) is 24.4 Å². The van der Waals surface area contributed by atoms with Crippen LogP contribution >= 0.6 is 11.3 Å². The summed E-state index contributed by atoms with van der Waals surface area (Å²) in [4.78, 5) is 29.4. The molecule has 116 valence electrons. The molecule has 1 fully saturated rings. The molecule has 0 radical (unpaired) electrons. The van der Waals surface area contributed by atoms with Crippen molar-refractivity contribution in [3.05, 3.63) is 16.1 Å². The second kappa shape index (κ2) is 7.00. The number of ether oxygens (including phenoxy) is 1. The summed E-state index contributed by atoms with van der Waals surface area (Å²) in [7, 11) is 0. The number of hydrogen-bond acceptors (Lipinski definition) is 5. The molecule has 1 aromatic heterocycles. The number of carbonyl (C=O) groups is 2. The van der Waals surface area contributed by atoms with Crippen molar-refractivity contribution in [3.8, 4) is 0 Å². The van der Waals surface area contributed by atoms with Gasteiger partial charge in [0.15, 0.2) is 0 Å². The Hall–Kier alpha value is -1.47. The van der Waals surface area contributed by atoms with E-state index < -0.39 is 5.97 Å². The van der Waals surface area contributed by atoms with Gasteiger partial charge in [0.2, 0.25) is 0 Å². The van der Waals surface area contributed by atoms with Gasteiger partial charge in [0.05, 0.1) is 5.01 Å². The van der Waals surface area contributed by atoms with Gasteiger partial charge in [-0.2, -0.15) is 0 Å². The maximum absolute atomic E-state index is 12.6. The van der Waals surface area contributed by atoms with Crippen LogP contribution < -0.4 is 0 Å². The highest BCUT2D eigenvalue weighted by Gasteiger charge is 2.29. The van der Waals surface area contributed by atoms with Crippen LogP contribution in [-0.2, 0) is 9.53 Å². The molecule has 1 aliphatic rings. The minimum Gasteiger partial charge on any atom is -0.480 e. The maximum Gasteiger partial charge on any atom is 0.323 e. The third kappa shape index (κ3) is 4.01. The quantitative estimate of drug-likeness (QED) is 0.899. The number of carbonyl (C=O) groups excluding carboxylic acids is 1. The number of thiazole rings is 1. The Morgan fingerprint density at radius 3 is 2.67 bits per heavy atom. The summed E-state index contributed by atoms with van der Waals surface area (Å²) in [6.07, 6.45) is 1.33. The molecule has 1 aromatic rings. The number of aromatic nitrogens is 1. The Morgan fingerprint density at radius 2 is 2.14 bits per heavy atom. The van der Waals surface area contributed by atoms with Crippen LogP contribution in [0, 0.1) is 0 Å². The maximum atomic E-state index is 12.6. The third-order valence-corrected chi connectivity index (χ3v) is 4.58. The van der Waals surface area contributed by atoms with Crippen molar-refractivity contribution in [2.75, 3.05) is 19.8 Å². The third-order valence-electron chi connectivity index (χ3n) is 3.43. The number of carboxylic acids is 1. The number of rotatable bonds is 5. The molecule has 0 bridgehead atoms. The van der Waals surface area contributed by atoms with Crippen LogP contribution in [0.5, 0.6) is 0 Å². The van der Waals surface area contributed by atoms with E-state index in [1.165, 1.54) is 16.2 Å². The van der Waals surface area contributed by atoms with Gasteiger partial charge < -0.3 is 14.7 Å². The van der Waals surface area contributed by atoms with Gasteiger partial charge in [0, 0.05) is 30.6 Å². The molecule has 2 heterocycles. The van der Waals surface area contributed by atoms with Crippen LogP contribution in [0.15, 0.2) is 5.38 Å². The molecule has 0 atom stereocenters. The lowest BCUT2D eigenvalue weighted by molar-refractivity contribution is -0.138. The number of nitrogens with zero attached hydrogens (tertiary/aromatic N) is 2. The van der Waals surface area contributed by atoms with Gasteiger partial charge in [-0.15, -0.1) is 11.3 Å². The predicted octanol–water partition coefficient (Wildman–Crippen LogP) is 1.97. The SMILES string of the molecule is CC(C)c1nc(C(=O)N(CC(=O)O)C2CCOCC2)cs1. The monoisotopic (exact) mass is 312 g/mol. The van der Waals surface area contributed by atoms with Gasteiger partial charge in [-0.1, -0.05) is 13.8 Å². The highest BCUT2D eigenvalue weighted by atomic mass is 32.1. The summed E-state index contributed by atoms with van der Waals surface area (Å²) in [5.41, 5.74) is 0.344. The van der Waals surface area contributed by atoms with E-state index in [0.717, 1.165) is 5.01 Å². The second-order valence-corrected chi connectivity index (χ2v) is 6.29. The Bertz CT molecular complexity index is 509. The fraction of sp³-hybridized carbons (Fsp3) is 0.643. The lowest BCUT2D eigenvalue weighted by atomic mass is 10.1. The highest BCUT2D eigenvalue weighted by Crippen LogP contribution is 2.22. The standard InChI is InChI=1S/C14H20N2O4S/c1-9(2)13-15-11(8-21-13)14(19)16(7-12(17)18)10-3-5-20-6-4-10/h8-10H,3-7H2,1-2H3,(H,17,18). The molecular formula is C14H20N2O4S.